The minimum Gasteiger partial charge on any atom is -0.463 e. The molecule has 0 heterocycles. The Labute approximate surface area is 122 Å². The van der Waals surface area contributed by atoms with E-state index in [9.17, 15) is 9.59 Å². The molecule has 0 aliphatic heterocycles. The summed E-state index contributed by atoms with van der Waals surface area (Å²) in [6, 6.07) is 0. The molecular formula is C17H26O3. The Kier molecular flexibility index (Phi) is 5.32. The van der Waals surface area contributed by atoms with Crippen molar-refractivity contribution in [1.82, 2.24) is 0 Å². The molecule has 1 atom stereocenters. The number of hydrogen-bond donors (Lipinski definition) is 0. The van der Waals surface area contributed by atoms with Crippen LogP contribution in [0.5, 0.6) is 0 Å². The molecule has 1 rings (SSSR count). The molecule has 0 aromatic rings. The number of esters is 1. The van der Waals surface area contributed by atoms with Crippen molar-refractivity contribution in [3.8, 4) is 0 Å². The zero-order valence-electron chi connectivity index (χ0n) is 13.3. The molecule has 0 saturated heterocycles. The van der Waals surface area contributed by atoms with Crippen molar-refractivity contribution in [3.05, 3.63) is 23.8 Å². The molecular weight excluding hydrogens is 252 g/mol. The summed E-state index contributed by atoms with van der Waals surface area (Å²) < 4.78 is 4.84. The molecule has 20 heavy (non-hydrogen) atoms. The van der Waals surface area contributed by atoms with E-state index in [1.807, 2.05) is 0 Å². The van der Waals surface area contributed by atoms with E-state index in [0.29, 0.717) is 6.61 Å². The smallest absolute Gasteiger partial charge is 0.330 e. The average Bonchev–Trinajstić information content (AvgIpc) is 2.62. The van der Waals surface area contributed by atoms with E-state index in [4.69, 9.17) is 4.74 Å². The summed E-state index contributed by atoms with van der Waals surface area (Å²) in [5, 5.41) is 0. The van der Waals surface area contributed by atoms with E-state index in [1.165, 1.54) is 6.08 Å². The van der Waals surface area contributed by atoms with Crippen molar-refractivity contribution in [2.45, 2.75) is 53.9 Å². The first-order valence-electron chi connectivity index (χ1n) is 7.30. The van der Waals surface area contributed by atoms with Gasteiger partial charge in [-0.1, -0.05) is 33.3 Å². The van der Waals surface area contributed by atoms with Crippen LogP contribution in [0.15, 0.2) is 23.8 Å². The second kappa shape index (κ2) is 6.38. The van der Waals surface area contributed by atoms with Gasteiger partial charge in [0, 0.05) is 11.5 Å². The van der Waals surface area contributed by atoms with Crippen LogP contribution in [0.1, 0.15) is 53.9 Å². The quantitative estimate of drug-likeness (QED) is 0.436. The van der Waals surface area contributed by atoms with E-state index in [-0.39, 0.29) is 22.6 Å². The molecule has 0 spiro atoms. The summed E-state index contributed by atoms with van der Waals surface area (Å²) in [6.07, 6.45) is 7.84. The lowest BCUT2D eigenvalue weighted by Crippen LogP contribution is -2.36. The third-order valence-corrected chi connectivity index (χ3v) is 4.65. The van der Waals surface area contributed by atoms with Gasteiger partial charge in [-0.25, -0.2) is 4.79 Å². The van der Waals surface area contributed by atoms with Crippen LogP contribution in [0, 0.1) is 10.8 Å². The largest absolute Gasteiger partial charge is 0.463 e. The van der Waals surface area contributed by atoms with Crippen LogP contribution in [0.3, 0.4) is 0 Å². The fraction of sp³-hybridized carbons (Fsp3) is 0.647. The standard InChI is InChI=1S/C17H26O3/c1-6-20-15(19)12-13(2)8-9-14(18)17(5)11-7-10-16(17,3)4/h8-9,12H,6-7,10-11H2,1-5H3/b9-8+,13-12+. The highest BCUT2D eigenvalue weighted by Crippen LogP contribution is 2.53. The first kappa shape index (κ1) is 16.7. The van der Waals surface area contributed by atoms with Gasteiger partial charge in [0.05, 0.1) is 6.61 Å². The second-order valence-corrected chi connectivity index (χ2v) is 6.41. The summed E-state index contributed by atoms with van der Waals surface area (Å²) in [5.74, 6) is -0.217. The average molecular weight is 278 g/mol. The first-order valence-corrected chi connectivity index (χ1v) is 7.30. The van der Waals surface area contributed by atoms with Gasteiger partial charge in [-0.2, -0.15) is 0 Å². The number of ether oxygens (including phenoxy) is 1. The highest BCUT2D eigenvalue weighted by atomic mass is 16.5. The van der Waals surface area contributed by atoms with Gasteiger partial charge < -0.3 is 4.74 Å². The summed E-state index contributed by atoms with van der Waals surface area (Å²) in [4.78, 5) is 23.8. The Morgan fingerprint density at radius 3 is 2.30 bits per heavy atom. The van der Waals surface area contributed by atoms with Gasteiger partial charge >= 0.3 is 5.97 Å². The fourth-order valence-electron chi connectivity index (χ4n) is 2.76. The van der Waals surface area contributed by atoms with Gasteiger partial charge in [-0.3, -0.25) is 4.79 Å². The van der Waals surface area contributed by atoms with Crippen LogP contribution in [0.25, 0.3) is 0 Å². The molecule has 1 unspecified atom stereocenters. The van der Waals surface area contributed by atoms with Crippen LogP contribution in [-0.2, 0) is 14.3 Å². The van der Waals surface area contributed by atoms with Crippen molar-refractivity contribution in [3.63, 3.8) is 0 Å². The van der Waals surface area contributed by atoms with Crippen LogP contribution >= 0.6 is 0 Å². The number of carbonyl (C=O) groups is 2. The minimum atomic E-state index is -0.366. The van der Waals surface area contributed by atoms with Crippen LogP contribution in [0.2, 0.25) is 0 Å². The van der Waals surface area contributed by atoms with Gasteiger partial charge in [0.25, 0.3) is 0 Å². The SMILES string of the molecule is CCOC(=O)/C=C(C)/C=C/C(=O)C1(C)CCCC1(C)C. The van der Waals surface area contributed by atoms with Gasteiger partial charge in [-0.15, -0.1) is 0 Å². The highest BCUT2D eigenvalue weighted by Gasteiger charge is 2.48. The molecule has 1 fully saturated rings. The maximum atomic E-state index is 12.5. The normalized spacial score (nSPS) is 25.9. The molecule has 112 valence electrons. The van der Waals surface area contributed by atoms with Crippen molar-refractivity contribution in [2.75, 3.05) is 6.61 Å². The van der Waals surface area contributed by atoms with Crippen LogP contribution < -0.4 is 0 Å². The fourth-order valence-corrected chi connectivity index (χ4v) is 2.76. The topological polar surface area (TPSA) is 43.4 Å². The van der Waals surface area contributed by atoms with E-state index < -0.39 is 0 Å². The van der Waals surface area contributed by atoms with E-state index >= 15 is 0 Å². The molecule has 0 aromatic heterocycles. The lowest BCUT2D eigenvalue weighted by Gasteiger charge is -2.36. The third kappa shape index (κ3) is 3.59. The van der Waals surface area contributed by atoms with E-state index in [1.54, 1.807) is 26.0 Å². The Bertz CT molecular complexity index is 443. The number of rotatable bonds is 5. The summed E-state index contributed by atoms with van der Waals surface area (Å²) in [6.45, 7) is 10.3. The predicted octanol–water partition coefficient (Wildman–Crippen LogP) is 3.84. The number of carbonyl (C=O) groups excluding carboxylic acids is 2. The molecule has 3 nitrogen and oxygen atoms in total. The molecule has 0 amide bonds. The zero-order valence-corrected chi connectivity index (χ0v) is 13.3. The molecule has 1 aliphatic carbocycles. The van der Waals surface area contributed by atoms with Gasteiger partial charge in [0.15, 0.2) is 5.78 Å². The molecule has 0 bridgehead atoms. The third-order valence-electron chi connectivity index (χ3n) is 4.65. The summed E-state index contributed by atoms with van der Waals surface area (Å²) in [5.41, 5.74) is 0.470. The lowest BCUT2D eigenvalue weighted by molar-refractivity contribution is -0.137. The molecule has 1 aliphatic rings. The second-order valence-electron chi connectivity index (χ2n) is 6.41. The van der Waals surface area contributed by atoms with Crippen LogP contribution in [-0.4, -0.2) is 18.4 Å². The maximum absolute atomic E-state index is 12.5. The Balaban J connectivity index is 2.76. The number of hydrogen-bond acceptors (Lipinski definition) is 3. The number of allylic oxidation sites excluding steroid dienone is 3. The molecule has 3 heteroatoms. The summed E-state index contributed by atoms with van der Waals surface area (Å²) in [7, 11) is 0. The minimum absolute atomic E-state index is 0.0349. The Morgan fingerprint density at radius 1 is 1.15 bits per heavy atom. The van der Waals surface area contributed by atoms with E-state index in [2.05, 4.69) is 20.8 Å². The van der Waals surface area contributed by atoms with Crippen LogP contribution in [0.4, 0.5) is 0 Å². The van der Waals surface area contributed by atoms with Crippen molar-refractivity contribution in [1.29, 1.82) is 0 Å². The Hall–Kier alpha value is -1.38. The van der Waals surface area contributed by atoms with Crippen molar-refractivity contribution < 1.29 is 14.3 Å². The molecule has 0 radical (unpaired) electrons. The zero-order chi connectivity index (χ0) is 15.4. The molecule has 0 aromatic carbocycles. The van der Waals surface area contributed by atoms with Crippen molar-refractivity contribution >= 4 is 11.8 Å². The first-order chi connectivity index (χ1) is 9.23. The summed E-state index contributed by atoms with van der Waals surface area (Å²) >= 11 is 0. The van der Waals surface area contributed by atoms with Gasteiger partial charge in [-0.05, 0) is 43.8 Å². The maximum Gasteiger partial charge on any atom is 0.330 e. The predicted molar refractivity (Wildman–Crippen MR) is 80.3 cm³/mol. The van der Waals surface area contributed by atoms with E-state index in [0.717, 1.165) is 24.8 Å². The highest BCUT2D eigenvalue weighted by molar-refractivity contribution is 5.96. The van der Waals surface area contributed by atoms with Gasteiger partial charge in [0.2, 0.25) is 0 Å². The Morgan fingerprint density at radius 2 is 1.80 bits per heavy atom. The van der Waals surface area contributed by atoms with Crippen molar-refractivity contribution in [2.24, 2.45) is 10.8 Å². The molecule has 0 N–H and O–H groups in total. The lowest BCUT2D eigenvalue weighted by atomic mass is 9.66. The monoisotopic (exact) mass is 278 g/mol. The van der Waals surface area contributed by atoms with Gasteiger partial charge in [0.1, 0.15) is 0 Å². The number of ketones is 1. The molecule has 1 saturated carbocycles.